The number of carbonyl (C=O) groups is 1. The van der Waals surface area contributed by atoms with Crippen molar-refractivity contribution in [2.75, 3.05) is 31.2 Å². The van der Waals surface area contributed by atoms with E-state index in [2.05, 4.69) is 20.2 Å². The smallest absolute Gasteiger partial charge is 0.271 e. The lowest BCUT2D eigenvalue weighted by Crippen LogP contribution is -2.37. The molecule has 3 rings (SSSR count). The molecule has 0 bridgehead atoms. The van der Waals surface area contributed by atoms with Gasteiger partial charge in [0.05, 0.1) is 13.2 Å². The van der Waals surface area contributed by atoms with Crippen molar-refractivity contribution >= 4 is 23.1 Å². The summed E-state index contributed by atoms with van der Waals surface area (Å²) in [5.41, 5.74) is 6.92. The van der Waals surface area contributed by atoms with Crippen molar-refractivity contribution in [3.05, 3.63) is 40.0 Å². The number of hydrogen-bond acceptors (Lipinski definition) is 7. The van der Waals surface area contributed by atoms with E-state index in [4.69, 9.17) is 10.5 Å². The first kappa shape index (κ1) is 15.9. The molecule has 1 aliphatic rings. The van der Waals surface area contributed by atoms with E-state index in [1.165, 1.54) is 11.3 Å². The number of carbonyl (C=O) groups excluding carboxylic acids is 1. The molecular weight excluding hydrogens is 314 g/mol. The fourth-order valence-corrected chi connectivity index (χ4v) is 3.06. The van der Waals surface area contributed by atoms with Crippen LogP contribution in [0.5, 0.6) is 0 Å². The molecule has 0 atom stereocenters. The van der Waals surface area contributed by atoms with Crippen LogP contribution in [0.15, 0.2) is 23.7 Å². The van der Waals surface area contributed by atoms with Gasteiger partial charge >= 0.3 is 0 Å². The van der Waals surface area contributed by atoms with Gasteiger partial charge in [-0.25, -0.2) is 9.97 Å². The lowest BCUT2D eigenvalue weighted by Gasteiger charge is -2.29. The summed E-state index contributed by atoms with van der Waals surface area (Å²) < 4.78 is 5.37. The first-order valence-corrected chi connectivity index (χ1v) is 8.35. The summed E-state index contributed by atoms with van der Waals surface area (Å²) in [5, 5.41) is 5.38. The number of ether oxygens (including phenoxy) is 1. The van der Waals surface area contributed by atoms with Crippen LogP contribution in [0.4, 0.5) is 5.82 Å². The lowest BCUT2D eigenvalue weighted by molar-refractivity contribution is 0.0946. The molecule has 7 nitrogen and oxygen atoms in total. The van der Waals surface area contributed by atoms with Gasteiger partial charge in [-0.15, -0.1) is 11.3 Å². The number of nitrogens with zero attached hydrogens (tertiary/aromatic N) is 3. The second kappa shape index (κ2) is 7.49. The maximum Gasteiger partial charge on any atom is 0.271 e. The van der Waals surface area contributed by atoms with E-state index < -0.39 is 0 Å². The fourth-order valence-electron chi connectivity index (χ4n) is 2.40. The average molecular weight is 333 g/mol. The van der Waals surface area contributed by atoms with Crippen LogP contribution in [0.2, 0.25) is 0 Å². The topological polar surface area (TPSA) is 93.4 Å². The van der Waals surface area contributed by atoms with E-state index in [0.29, 0.717) is 32.0 Å². The van der Waals surface area contributed by atoms with E-state index >= 15 is 0 Å². The Labute approximate surface area is 138 Å². The Hall–Kier alpha value is -2.03. The highest BCUT2D eigenvalue weighted by atomic mass is 32.1. The molecule has 3 heterocycles. The minimum Gasteiger partial charge on any atom is -0.378 e. The highest BCUT2D eigenvalue weighted by Crippen LogP contribution is 2.18. The molecule has 122 valence electrons. The van der Waals surface area contributed by atoms with Gasteiger partial charge in [0.15, 0.2) is 0 Å². The number of pyridine rings is 1. The second-order valence-corrected chi connectivity index (χ2v) is 6.04. The highest BCUT2D eigenvalue weighted by Gasteiger charge is 2.17. The van der Waals surface area contributed by atoms with Gasteiger partial charge in [-0.2, -0.15) is 0 Å². The van der Waals surface area contributed by atoms with Crippen LogP contribution in [0.3, 0.4) is 0 Å². The molecule has 3 N–H and O–H groups in total. The van der Waals surface area contributed by atoms with Gasteiger partial charge in [0.1, 0.15) is 16.5 Å². The van der Waals surface area contributed by atoms with Gasteiger partial charge in [-0.3, -0.25) is 4.79 Å². The fraction of sp³-hybridized carbons (Fsp3) is 0.400. The van der Waals surface area contributed by atoms with Crippen molar-refractivity contribution in [2.45, 2.75) is 13.1 Å². The molecular formula is C15H19N5O2S. The minimum atomic E-state index is -0.197. The van der Waals surface area contributed by atoms with Gasteiger partial charge in [-0.1, -0.05) is 6.07 Å². The largest absolute Gasteiger partial charge is 0.378 e. The van der Waals surface area contributed by atoms with E-state index in [9.17, 15) is 4.79 Å². The van der Waals surface area contributed by atoms with Gasteiger partial charge in [-0.05, 0) is 6.07 Å². The van der Waals surface area contributed by atoms with Gasteiger partial charge in [0.25, 0.3) is 5.91 Å². The zero-order chi connectivity index (χ0) is 16.1. The summed E-state index contributed by atoms with van der Waals surface area (Å²) in [5.74, 6) is 0.703. The summed E-state index contributed by atoms with van der Waals surface area (Å²) >= 11 is 1.39. The van der Waals surface area contributed by atoms with Crippen LogP contribution in [-0.4, -0.2) is 42.2 Å². The van der Waals surface area contributed by atoms with Crippen molar-refractivity contribution in [3.63, 3.8) is 0 Å². The van der Waals surface area contributed by atoms with Crippen LogP contribution < -0.4 is 16.0 Å². The number of nitrogens with two attached hydrogens (primary N) is 1. The zero-order valence-electron chi connectivity index (χ0n) is 12.7. The number of anilines is 1. The molecule has 1 fully saturated rings. The second-order valence-electron chi connectivity index (χ2n) is 5.10. The van der Waals surface area contributed by atoms with Crippen LogP contribution in [-0.2, 0) is 17.8 Å². The van der Waals surface area contributed by atoms with E-state index in [-0.39, 0.29) is 5.91 Å². The van der Waals surface area contributed by atoms with Crippen molar-refractivity contribution in [3.8, 4) is 0 Å². The molecule has 23 heavy (non-hydrogen) atoms. The lowest BCUT2D eigenvalue weighted by atomic mass is 10.2. The van der Waals surface area contributed by atoms with E-state index in [1.54, 1.807) is 11.6 Å². The van der Waals surface area contributed by atoms with Gasteiger partial charge in [0, 0.05) is 43.3 Å². The molecule has 1 amide bonds. The normalized spacial score (nSPS) is 14.7. The van der Waals surface area contributed by atoms with Crippen molar-refractivity contribution in [1.29, 1.82) is 0 Å². The van der Waals surface area contributed by atoms with Gasteiger partial charge < -0.3 is 20.7 Å². The number of rotatable bonds is 5. The molecule has 1 saturated heterocycles. The Morgan fingerprint density at radius 1 is 1.43 bits per heavy atom. The Morgan fingerprint density at radius 2 is 2.26 bits per heavy atom. The van der Waals surface area contributed by atoms with Crippen molar-refractivity contribution in [2.24, 2.45) is 5.73 Å². The molecule has 0 radical (unpaired) electrons. The summed E-state index contributed by atoms with van der Waals surface area (Å²) in [6.45, 7) is 3.77. The monoisotopic (exact) mass is 333 g/mol. The van der Waals surface area contributed by atoms with Crippen LogP contribution in [0.25, 0.3) is 0 Å². The number of thiazole rings is 1. The number of morpholine rings is 1. The third-order valence-corrected chi connectivity index (χ3v) is 4.45. The Bertz CT molecular complexity index is 669. The summed E-state index contributed by atoms with van der Waals surface area (Å²) in [6.07, 6.45) is 1.77. The number of amides is 1. The number of hydrogen-bond donors (Lipinski definition) is 2. The third kappa shape index (κ3) is 3.84. The Morgan fingerprint density at radius 3 is 3.00 bits per heavy atom. The van der Waals surface area contributed by atoms with Crippen LogP contribution in [0, 0.1) is 0 Å². The predicted molar refractivity (Wildman–Crippen MR) is 88.4 cm³/mol. The standard InChI is InChI=1S/C15H19N5O2S/c16-8-13-19-12(10-23-13)15(21)18-9-11-2-1-3-17-14(11)20-4-6-22-7-5-20/h1-3,10H,4-9,16H2,(H,18,21). The first-order valence-electron chi connectivity index (χ1n) is 7.47. The third-order valence-electron chi connectivity index (χ3n) is 3.58. The molecule has 0 spiro atoms. The van der Waals surface area contributed by atoms with Gasteiger partial charge in [0.2, 0.25) is 0 Å². The maximum absolute atomic E-state index is 12.2. The van der Waals surface area contributed by atoms with Crippen LogP contribution in [0.1, 0.15) is 21.1 Å². The Kier molecular flexibility index (Phi) is 5.16. The molecule has 8 heteroatoms. The number of aromatic nitrogens is 2. The average Bonchev–Trinajstić information content (AvgIpc) is 3.10. The quantitative estimate of drug-likeness (QED) is 0.839. The summed E-state index contributed by atoms with van der Waals surface area (Å²) in [4.78, 5) is 23.0. The minimum absolute atomic E-state index is 0.197. The molecule has 0 unspecified atom stereocenters. The zero-order valence-corrected chi connectivity index (χ0v) is 13.5. The summed E-state index contributed by atoms with van der Waals surface area (Å²) in [7, 11) is 0. The molecule has 0 aliphatic carbocycles. The SMILES string of the molecule is NCc1nc(C(=O)NCc2cccnc2N2CCOCC2)cs1. The predicted octanol–water partition coefficient (Wildman–Crippen LogP) is 0.763. The van der Waals surface area contributed by atoms with Crippen molar-refractivity contribution < 1.29 is 9.53 Å². The Balaban J connectivity index is 1.66. The molecule has 0 aromatic carbocycles. The molecule has 1 aliphatic heterocycles. The molecule has 2 aromatic heterocycles. The van der Waals surface area contributed by atoms with Crippen LogP contribution >= 0.6 is 11.3 Å². The van der Waals surface area contributed by atoms with E-state index in [0.717, 1.165) is 29.5 Å². The van der Waals surface area contributed by atoms with E-state index in [1.807, 2.05) is 12.1 Å². The first-order chi connectivity index (χ1) is 11.3. The molecule has 2 aromatic rings. The number of nitrogens with one attached hydrogen (secondary N) is 1. The maximum atomic E-state index is 12.2. The highest BCUT2D eigenvalue weighted by molar-refractivity contribution is 7.09. The van der Waals surface area contributed by atoms with Crippen molar-refractivity contribution in [1.82, 2.24) is 15.3 Å². The molecule has 0 saturated carbocycles. The summed E-state index contributed by atoms with van der Waals surface area (Å²) in [6, 6.07) is 3.85.